The average Bonchev–Trinajstić information content (AvgIpc) is 2.68. The monoisotopic (exact) mass is 342 g/mol. The summed E-state index contributed by atoms with van der Waals surface area (Å²) in [7, 11) is 0. The fraction of sp³-hybridized carbons (Fsp3) is 0.500. The second kappa shape index (κ2) is 8.30. The van der Waals surface area contributed by atoms with Gasteiger partial charge in [0.05, 0.1) is 31.1 Å². The molecule has 5 heteroatoms. The Morgan fingerprint density at radius 2 is 1.72 bits per heavy atom. The molecule has 1 aliphatic heterocycles. The van der Waals surface area contributed by atoms with Gasteiger partial charge in [0.25, 0.3) is 0 Å². The van der Waals surface area contributed by atoms with E-state index in [9.17, 15) is 9.59 Å². The van der Waals surface area contributed by atoms with Crippen LogP contribution in [0.4, 0.5) is 0 Å². The van der Waals surface area contributed by atoms with Gasteiger partial charge in [-0.25, -0.2) is 0 Å². The Labute approximate surface area is 149 Å². The number of hydrogen-bond acceptors (Lipinski definition) is 3. The van der Waals surface area contributed by atoms with Crippen molar-refractivity contribution in [3.05, 3.63) is 48.0 Å². The number of amides is 2. The van der Waals surface area contributed by atoms with E-state index in [1.807, 2.05) is 54.3 Å². The van der Waals surface area contributed by atoms with E-state index in [-0.39, 0.29) is 29.7 Å². The zero-order chi connectivity index (χ0) is 17.6. The minimum Gasteiger partial charge on any atom is -0.378 e. The molecule has 1 heterocycles. The van der Waals surface area contributed by atoms with Gasteiger partial charge in [-0.15, -0.1) is 0 Å². The molecule has 0 saturated carbocycles. The van der Waals surface area contributed by atoms with Gasteiger partial charge < -0.3 is 15.0 Å². The Morgan fingerprint density at radius 3 is 2.40 bits per heavy atom. The lowest BCUT2D eigenvalue weighted by Crippen LogP contribution is -2.48. The number of carbonyl (C=O) groups excluding carboxylic acids is 2. The van der Waals surface area contributed by atoms with Crippen molar-refractivity contribution in [3.8, 4) is 0 Å². The van der Waals surface area contributed by atoms with Crippen LogP contribution < -0.4 is 5.32 Å². The third-order valence-corrected chi connectivity index (χ3v) is 5.07. The summed E-state index contributed by atoms with van der Waals surface area (Å²) in [6.45, 7) is 4.37. The highest BCUT2D eigenvalue weighted by Gasteiger charge is 2.37. The summed E-state index contributed by atoms with van der Waals surface area (Å²) in [5.41, 5.74) is 1.07. The molecule has 0 aromatic heterocycles. The Bertz CT molecular complexity index is 623. The molecule has 1 aromatic carbocycles. The highest BCUT2D eigenvalue weighted by atomic mass is 16.5. The molecular weight excluding hydrogens is 316 g/mol. The predicted octanol–water partition coefficient (Wildman–Crippen LogP) is 2.30. The highest BCUT2D eigenvalue weighted by Crippen LogP contribution is 2.29. The van der Waals surface area contributed by atoms with Gasteiger partial charge in [-0.2, -0.15) is 0 Å². The number of nitrogens with one attached hydrogen (secondary N) is 1. The maximum Gasteiger partial charge on any atom is 0.226 e. The summed E-state index contributed by atoms with van der Waals surface area (Å²) < 4.78 is 5.33. The van der Waals surface area contributed by atoms with Crippen LogP contribution >= 0.6 is 0 Å². The normalized spacial score (nSPS) is 24.6. The first-order valence-electron chi connectivity index (χ1n) is 9.03. The van der Waals surface area contributed by atoms with Crippen molar-refractivity contribution in [1.82, 2.24) is 10.2 Å². The third-order valence-electron chi connectivity index (χ3n) is 5.07. The fourth-order valence-corrected chi connectivity index (χ4v) is 3.54. The Morgan fingerprint density at radius 1 is 1.08 bits per heavy atom. The maximum absolute atomic E-state index is 12.9. The Balaban J connectivity index is 1.66. The third kappa shape index (κ3) is 4.28. The van der Waals surface area contributed by atoms with Crippen LogP contribution in [-0.2, 0) is 14.3 Å². The number of rotatable bonds is 4. The van der Waals surface area contributed by atoms with Gasteiger partial charge in [-0.05, 0) is 25.3 Å². The molecule has 2 unspecified atom stereocenters. The van der Waals surface area contributed by atoms with Crippen molar-refractivity contribution in [2.75, 3.05) is 26.3 Å². The fourth-order valence-electron chi connectivity index (χ4n) is 3.54. The molecule has 3 rings (SSSR count). The van der Waals surface area contributed by atoms with Gasteiger partial charge in [0, 0.05) is 13.1 Å². The van der Waals surface area contributed by atoms with Crippen LogP contribution in [0.25, 0.3) is 0 Å². The summed E-state index contributed by atoms with van der Waals surface area (Å²) >= 11 is 0. The maximum atomic E-state index is 12.9. The zero-order valence-electron chi connectivity index (χ0n) is 14.7. The van der Waals surface area contributed by atoms with E-state index in [0.717, 1.165) is 5.56 Å². The molecule has 0 bridgehead atoms. The smallest absolute Gasteiger partial charge is 0.226 e. The van der Waals surface area contributed by atoms with Crippen molar-refractivity contribution in [1.29, 1.82) is 0 Å². The first-order valence-corrected chi connectivity index (χ1v) is 9.03. The number of allylic oxidation sites excluding steroid dienone is 2. The van der Waals surface area contributed by atoms with Crippen molar-refractivity contribution < 1.29 is 14.3 Å². The van der Waals surface area contributed by atoms with E-state index in [1.54, 1.807) is 0 Å². The van der Waals surface area contributed by atoms with Gasteiger partial charge in [-0.1, -0.05) is 42.5 Å². The minimum atomic E-state index is -0.300. The van der Waals surface area contributed by atoms with Crippen LogP contribution in [-0.4, -0.2) is 43.0 Å². The number of carbonyl (C=O) groups is 2. The Kier molecular flexibility index (Phi) is 5.87. The number of hydrogen-bond donors (Lipinski definition) is 1. The lowest BCUT2D eigenvalue weighted by Gasteiger charge is -2.34. The van der Waals surface area contributed by atoms with E-state index >= 15 is 0 Å². The molecule has 134 valence electrons. The van der Waals surface area contributed by atoms with Crippen molar-refractivity contribution >= 4 is 11.8 Å². The first-order chi connectivity index (χ1) is 12.2. The highest BCUT2D eigenvalue weighted by molar-refractivity contribution is 5.88. The molecule has 1 saturated heterocycles. The number of nitrogens with zero attached hydrogens (tertiary/aromatic N) is 1. The second-order valence-corrected chi connectivity index (χ2v) is 6.73. The van der Waals surface area contributed by atoms with Crippen LogP contribution in [0, 0.1) is 11.8 Å². The average molecular weight is 342 g/mol. The Hall–Kier alpha value is -2.14. The van der Waals surface area contributed by atoms with Crippen LogP contribution in [0.15, 0.2) is 42.5 Å². The molecule has 1 aromatic rings. The lowest BCUT2D eigenvalue weighted by atomic mass is 9.81. The molecule has 0 radical (unpaired) electrons. The number of benzene rings is 1. The SMILES string of the molecule is C[C@@H](NC(=O)C1CC=CCC1C(=O)N1CCOCC1)c1ccccc1. The van der Waals surface area contributed by atoms with Crippen molar-refractivity contribution in [3.63, 3.8) is 0 Å². The van der Waals surface area contributed by atoms with E-state index in [1.165, 1.54) is 0 Å². The van der Waals surface area contributed by atoms with Crippen LogP contribution in [0.5, 0.6) is 0 Å². The second-order valence-electron chi connectivity index (χ2n) is 6.73. The predicted molar refractivity (Wildman–Crippen MR) is 95.8 cm³/mol. The molecule has 2 aliphatic rings. The lowest BCUT2D eigenvalue weighted by molar-refractivity contribution is -0.145. The van der Waals surface area contributed by atoms with E-state index < -0.39 is 0 Å². The summed E-state index contributed by atoms with van der Waals surface area (Å²) in [5, 5.41) is 3.09. The standard InChI is InChI=1S/C20H26N2O3/c1-15(16-7-3-2-4-8-16)21-19(23)17-9-5-6-10-18(17)20(24)22-11-13-25-14-12-22/h2-8,15,17-18H,9-14H2,1H3,(H,21,23)/t15-,17?,18?/m1/s1. The molecule has 5 nitrogen and oxygen atoms in total. The molecule has 0 spiro atoms. The largest absolute Gasteiger partial charge is 0.378 e. The van der Waals surface area contributed by atoms with Crippen LogP contribution in [0.3, 0.4) is 0 Å². The summed E-state index contributed by atoms with van der Waals surface area (Å²) in [4.78, 5) is 27.6. The first kappa shape index (κ1) is 17.7. The molecule has 3 atom stereocenters. The topological polar surface area (TPSA) is 58.6 Å². The van der Waals surface area contributed by atoms with Crippen LogP contribution in [0.2, 0.25) is 0 Å². The molecule has 1 N–H and O–H groups in total. The molecular formula is C20H26N2O3. The summed E-state index contributed by atoms with van der Waals surface area (Å²) in [6, 6.07) is 9.82. The minimum absolute atomic E-state index is 0.0349. The number of morpholine rings is 1. The van der Waals surface area contributed by atoms with Gasteiger partial charge in [0.15, 0.2) is 0 Å². The van der Waals surface area contributed by atoms with Crippen LogP contribution in [0.1, 0.15) is 31.4 Å². The quantitative estimate of drug-likeness (QED) is 0.854. The summed E-state index contributed by atoms with van der Waals surface area (Å²) in [5.74, 6) is -0.523. The molecule has 25 heavy (non-hydrogen) atoms. The van der Waals surface area contributed by atoms with Crippen molar-refractivity contribution in [2.24, 2.45) is 11.8 Å². The zero-order valence-corrected chi connectivity index (χ0v) is 14.7. The van der Waals surface area contributed by atoms with E-state index in [2.05, 4.69) is 5.32 Å². The van der Waals surface area contributed by atoms with Crippen molar-refractivity contribution in [2.45, 2.75) is 25.8 Å². The van der Waals surface area contributed by atoms with Gasteiger partial charge in [-0.3, -0.25) is 9.59 Å². The van der Waals surface area contributed by atoms with Gasteiger partial charge >= 0.3 is 0 Å². The summed E-state index contributed by atoms with van der Waals surface area (Å²) in [6.07, 6.45) is 5.29. The molecule has 1 fully saturated rings. The number of ether oxygens (including phenoxy) is 1. The van der Waals surface area contributed by atoms with E-state index in [0.29, 0.717) is 39.1 Å². The van der Waals surface area contributed by atoms with Gasteiger partial charge in [0.2, 0.25) is 11.8 Å². The molecule has 1 aliphatic carbocycles. The van der Waals surface area contributed by atoms with Gasteiger partial charge in [0.1, 0.15) is 0 Å². The molecule has 2 amide bonds. The van der Waals surface area contributed by atoms with E-state index in [4.69, 9.17) is 4.74 Å².